The summed E-state index contributed by atoms with van der Waals surface area (Å²) in [7, 11) is -2.93. The molecule has 0 unspecified atom stereocenters. The van der Waals surface area contributed by atoms with Crippen LogP contribution in [0.25, 0.3) is 0 Å². The smallest absolute Gasteiger partial charge is 0.154 e. The van der Waals surface area contributed by atoms with Crippen LogP contribution in [0, 0.1) is 0 Å². The molecule has 1 aromatic carbocycles. The van der Waals surface area contributed by atoms with E-state index in [9.17, 15) is 8.42 Å². The maximum absolute atomic E-state index is 11.6. The van der Waals surface area contributed by atoms with E-state index in [0.29, 0.717) is 0 Å². The van der Waals surface area contributed by atoms with Crippen LogP contribution in [-0.4, -0.2) is 20.7 Å². The largest absolute Gasteiger partial charge is 0.385 e. The Morgan fingerprint density at radius 1 is 1.38 bits per heavy atom. The van der Waals surface area contributed by atoms with E-state index >= 15 is 0 Å². The number of fused-ring (bicyclic) bond motifs is 1. The molecule has 4 heteroatoms. The molecule has 0 aromatic heterocycles. The molecule has 88 valence electrons. The zero-order chi connectivity index (χ0) is 11.6. The maximum atomic E-state index is 11.6. The minimum absolute atomic E-state index is 0.175. The van der Waals surface area contributed by atoms with Crippen LogP contribution in [0.1, 0.15) is 24.5 Å². The predicted octanol–water partition coefficient (Wildman–Crippen LogP) is 1.98. The van der Waals surface area contributed by atoms with E-state index in [0.717, 1.165) is 30.6 Å². The standard InChI is InChI=1S/C12H17NO2S/c1-2-16(14,15)9-10-5-3-7-12-11(10)6-4-8-13-12/h3,5,7,13H,2,4,6,8-9H2,1H3. The fourth-order valence-corrected chi connectivity index (χ4v) is 3.01. The molecule has 0 spiro atoms. The first-order valence-electron chi connectivity index (χ1n) is 5.67. The lowest BCUT2D eigenvalue weighted by Crippen LogP contribution is -2.15. The Morgan fingerprint density at radius 3 is 2.94 bits per heavy atom. The lowest BCUT2D eigenvalue weighted by atomic mass is 9.99. The molecule has 1 aromatic rings. The molecule has 0 aliphatic carbocycles. The maximum Gasteiger partial charge on any atom is 0.154 e. The first-order chi connectivity index (χ1) is 7.62. The van der Waals surface area contributed by atoms with Crippen molar-refractivity contribution >= 4 is 15.5 Å². The van der Waals surface area contributed by atoms with Crippen LogP contribution < -0.4 is 5.32 Å². The number of hydrogen-bond acceptors (Lipinski definition) is 3. The van der Waals surface area contributed by atoms with Gasteiger partial charge in [-0.2, -0.15) is 0 Å². The molecule has 3 nitrogen and oxygen atoms in total. The van der Waals surface area contributed by atoms with Gasteiger partial charge in [0.1, 0.15) is 0 Å². The fraction of sp³-hybridized carbons (Fsp3) is 0.500. The van der Waals surface area contributed by atoms with E-state index in [4.69, 9.17) is 0 Å². The number of anilines is 1. The number of benzene rings is 1. The summed E-state index contributed by atoms with van der Waals surface area (Å²) in [4.78, 5) is 0. The molecule has 1 aliphatic heterocycles. The Labute approximate surface area is 96.8 Å². The van der Waals surface area contributed by atoms with Crippen molar-refractivity contribution in [1.29, 1.82) is 0 Å². The summed E-state index contributed by atoms with van der Waals surface area (Å²) in [6.45, 7) is 2.68. The molecule has 16 heavy (non-hydrogen) atoms. The third-order valence-electron chi connectivity index (χ3n) is 3.01. The monoisotopic (exact) mass is 239 g/mol. The van der Waals surface area contributed by atoms with Crippen molar-refractivity contribution in [3.63, 3.8) is 0 Å². The molecule has 0 saturated carbocycles. The SMILES string of the molecule is CCS(=O)(=O)Cc1cccc2c1CCCN2. The Kier molecular flexibility index (Phi) is 3.19. The molecule has 1 N–H and O–H groups in total. The van der Waals surface area contributed by atoms with Gasteiger partial charge in [0.05, 0.1) is 5.75 Å². The summed E-state index contributed by atoms with van der Waals surface area (Å²) >= 11 is 0. The van der Waals surface area contributed by atoms with Crippen LogP contribution in [0.15, 0.2) is 18.2 Å². The van der Waals surface area contributed by atoms with Crippen molar-refractivity contribution in [2.75, 3.05) is 17.6 Å². The van der Waals surface area contributed by atoms with E-state index in [-0.39, 0.29) is 11.5 Å². The molecule has 2 rings (SSSR count). The summed E-state index contributed by atoms with van der Waals surface area (Å²) < 4.78 is 23.3. The average molecular weight is 239 g/mol. The second-order valence-corrected chi connectivity index (χ2v) is 6.50. The molecule has 0 radical (unpaired) electrons. The van der Waals surface area contributed by atoms with Crippen LogP contribution >= 0.6 is 0 Å². The van der Waals surface area contributed by atoms with Gasteiger partial charge in [0.15, 0.2) is 9.84 Å². The van der Waals surface area contributed by atoms with E-state index < -0.39 is 9.84 Å². The Balaban J connectivity index is 2.35. The van der Waals surface area contributed by atoms with E-state index in [1.165, 1.54) is 5.56 Å². The van der Waals surface area contributed by atoms with Crippen molar-refractivity contribution < 1.29 is 8.42 Å². The van der Waals surface area contributed by atoms with Crippen LogP contribution in [0.4, 0.5) is 5.69 Å². The Morgan fingerprint density at radius 2 is 2.19 bits per heavy atom. The first kappa shape index (κ1) is 11.5. The highest BCUT2D eigenvalue weighted by molar-refractivity contribution is 7.90. The lowest BCUT2D eigenvalue weighted by Gasteiger charge is -2.20. The van der Waals surface area contributed by atoms with Crippen molar-refractivity contribution in [3.8, 4) is 0 Å². The zero-order valence-corrected chi connectivity index (χ0v) is 10.3. The molecule has 0 atom stereocenters. The van der Waals surface area contributed by atoms with Crippen LogP contribution in [0.5, 0.6) is 0 Å². The van der Waals surface area contributed by atoms with Crippen LogP contribution in [0.2, 0.25) is 0 Å². The van der Waals surface area contributed by atoms with Gasteiger partial charge in [0.25, 0.3) is 0 Å². The van der Waals surface area contributed by atoms with E-state index in [2.05, 4.69) is 5.32 Å². The van der Waals surface area contributed by atoms with Crippen LogP contribution in [0.3, 0.4) is 0 Å². The molecule has 0 bridgehead atoms. The Bertz CT molecular complexity index is 480. The van der Waals surface area contributed by atoms with Gasteiger partial charge in [-0.25, -0.2) is 8.42 Å². The first-order valence-corrected chi connectivity index (χ1v) is 7.49. The second-order valence-electron chi connectivity index (χ2n) is 4.15. The molecular weight excluding hydrogens is 222 g/mol. The van der Waals surface area contributed by atoms with Crippen molar-refractivity contribution in [2.24, 2.45) is 0 Å². The molecular formula is C12H17NO2S. The number of rotatable bonds is 3. The summed E-state index contributed by atoms with van der Waals surface area (Å²) in [6.07, 6.45) is 2.06. The van der Waals surface area contributed by atoms with Crippen molar-refractivity contribution in [3.05, 3.63) is 29.3 Å². The van der Waals surface area contributed by atoms with Gasteiger partial charge in [-0.05, 0) is 30.0 Å². The van der Waals surface area contributed by atoms with Gasteiger partial charge in [0, 0.05) is 18.0 Å². The third-order valence-corrected chi connectivity index (χ3v) is 4.64. The lowest BCUT2D eigenvalue weighted by molar-refractivity contribution is 0.596. The van der Waals surface area contributed by atoms with E-state index in [1.54, 1.807) is 6.92 Å². The van der Waals surface area contributed by atoms with Gasteiger partial charge >= 0.3 is 0 Å². The Hall–Kier alpha value is -1.03. The molecule has 1 heterocycles. The normalized spacial score (nSPS) is 15.3. The predicted molar refractivity (Wildman–Crippen MR) is 66.4 cm³/mol. The number of nitrogens with one attached hydrogen (secondary N) is 1. The number of hydrogen-bond donors (Lipinski definition) is 1. The number of sulfone groups is 1. The third kappa shape index (κ3) is 2.38. The molecule has 1 aliphatic rings. The fourth-order valence-electron chi connectivity index (χ4n) is 2.06. The minimum atomic E-state index is -2.93. The zero-order valence-electron chi connectivity index (χ0n) is 9.49. The molecule has 0 saturated heterocycles. The van der Waals surface area contributed by atoms with Gasteiger partial charge in [-0.3, -0.25) is 0 Å². The highest BCUT2D eigenvalue weighted by Crippen LogP contribution is 2.26. The molecule has 0 amide bonds. The molecule has 0 fully saturated rings. The minimum Gasteiger partial charge on any atom is -0.385 e. The quantitative estimate of drug-likeness (QED) is 0.877. The summed E-state index contributed by atoms with van der Waals surface area (Å²) in [5.41, 5.74) is 3.26. The van der Waals surface area contributed by atoms with Gasteiger partial charge in [-0.1, -0.05) is 19.1 Å². The van der Waals surface area contributed by atoms with Crippen molar-refractivity contribution in [2.45, 2.75) is 25.5 Å². The van der Waals surface area contributed by atoms with Gasteiger partial charge in [-0.15, -0.1) is 0 Å². The second kappa shape index (κ2) is 4.45. The summed E-state index contributed by atoms with van der Waals surface area (Å²) in [5, 5.41) is 3.31. The highest BCUT2D eigenvalue weighted by atomic mass is 32.2. The van der Waals surface area contributed by atoms with Gasteiger partial charge in [0.2, 0.25) is 0 Å². The topological polar surface area (TPSA) is 46.2 Å². The summed E-state index contributed by atoms with van der Waals surface area (Å²) in [6, 6.07) is 5.88. The van der Waals surface area contributed by atoms with Gasteiger partial charge < -0.3 is 5.32 Å². The average Bonchev–Trinajstić information content (AvgIpc) is 2.29. The van der Waals surface area contributed by atoms with E-state index in [1.807, 2.05) is 18.2 Å². The highest BCUT2D eigenvalue weighted by Gasteiger charge is 2.16. The van der Waals surface area contributed by atoms with Crippen molar-refractivity contribution in [1.82, 2.24) is 0 Å². The van der Waals surface area contributed by atoms with Crippen LogP contribution in [-0.2, 0) is 22.0 Å². The summed E-state index contributed by atoms with van der Waals surface area (Å²) in [5.74, 6) is 0.387.